The molecule has 1 fully saturated rings. The molecular weight excluding hydrogens is 390 g/mol. The number of hydrogen-bond acceptors (Lipinski definition) is 6. The summed E-state index contributed by atoms with van der Waals surface area (Å²) in [5, 5.41) is 3.15. The fourth-order valence-electron chi connectivity index (χ4n) is 2.86. The average molecular weight is 411 g/mol. The third-order valence-electron chi connectivity index (χ3n) is 4.23. The molecule has 0 spiro atoms. The first kappa shape index (κ1) is 20.6. The maximum Gasteiger partial charge on any atom is 0.337 e. The lowest BCUT2D eigenvalue weighted by molar-refractivity contribution is -0.121. The molecule has 1 aliphatic heterocycles. The monoisotopic (exact) mass is 411 g/mol. The molecule has 0 unspecified atom stereocenters. The molecule has 150 valence electrons. The van der Waals surface area contributed by atoms with E-state index < -0.39 is 11.2 Å². The lowest BCUT2D eigenvalue weighted by atomic mass is 10.2. The Morgan fingerprint density at radius 1 is 1.17 bits per heavy atom. The van der Waals surface area contributed by atoms with Gasteiger partial charge in [0.15, 0.2) is 5.17 Å². The van der Waals surface area contributed by atoms with Crippen molar-refractivity contribution in [2.45, 2.75) is 18.6 Å². The van der Waals surface area contributed by atoms with Gasteiger partial charge in [-0.1, -0.05) is 30.0 Å². The summed E-state index contributed by atoms with van der Waals surface area (Å²) in [6, 6.07) is 15.7. The Labute approximate surface area is 173 Å². The van der Waals surface area contributed by atoms with E-state index in [9.17, 15) is 14.4 Å². The molecular formula is C21H21N3O4S. The summed E-state index contributed by atoms with van der Waals surface area (Å²) < 4.78 is 4.69. The Morgan fingerprint density at radius 3 is 2.48 bits per heavy atom. The molecule has 1 aliphatic rings. The summed E-state index contributed by atoms with van der Waals surface area (Å²) in [4.78, 5) is 42.4. The number of thioether (sulfide) groups is 1. The van der Waals surface area contributed by atoms with Gasteiger partial charge in [0.1, 0.15) is 5.25 Å². The van der Waals surface area contributed by atoms with E-state index >= 15 is 0 Å². The zero-order valence-electron chi connectivity index (χ0n) is 16.1. The number of benzene rings is 2. The second-order valence-electron chi connectivity index (χ2n) is 6.19. The van der Waals surface area contributed by atoms with Crippen molar-refractivity contribution < 1.29 is 19.1 Å². The summed E-state index contributed by atoms with van der Waals surface area (Å²) in [6.45, 7) is 2.41. The van der Waals surface area contributed by atoms with Gasteiger partial charge in [0.05, 0.1) is 18.4 Å². The van der Waals surface area contributed by atoms with Crippen LogP contribution in [0.3, 0.4) is 0 Å². The van der Waals surface area contributed by atoms with Crippen molar-refractivity contribution in [2.24, 2.45) is 4.99 Å². The molecule has 2 aromatic carbocycles. The highest BCUT2D eigenvalue weighted by Gasteiger charge is 2.40. The van der Waals surface area contributed by atoms with Crippen LogP contribution < -0.4 is 10.2 Å². The van der Waals surface area contributed by atoms with Crippen molar-refractivity contribution in [1.82, 2.24) is 0 Å². The Morgan fingerprint density at radius 2 is 1.86 bits per heavy atom. The van der Waals surface area contributed by atoms with Crippen LogP contribution in [0.4, 0.5) is 11.4 Å². The van der Waals surface area contributed by atoms with Crippen molar-refractivity contribution in [3.8, 4) is 0 Å². The Kier molecular flexibility index (Phi) is 6.66. The van der Waals surface area contributed by atoms with Crippen LogP contribution in [0, 0.1) is 0 Å². The van der Waals surface area contributed by atoms with Crippen molar-refractivity contribution >= 4 is 46.1 Å². The van der Waals surface area contributed by atoms with E-state index in [1.165, 1.54) is 23.8 Å². The number of nitrogens with zero attached hydrogens (tertiary/aromatic N) is 2. The normalized spacial score (nSPS) is 16.8. The molecule has 0 aliphatic carbocycles. The van der Waals surface area contributed by atoms with Gasteiger partial charge >= 0.3 is 5.97 Å². The van der Waals surface area contributed by atoms with E-state index in [4.69, 9.17) is 4.74 Å². The molecule has 0 aromatic heterocycles. The van der Waals surface area contributed by atoms with Gasteiger partial charge < -0.3 is 10.1 Å². The molecule has 0 radical (unpaired) electrons. The number of amidine groups is 1. The highest BCUT2D eigenvalue weighted by Crippen LogP contribution is 2.30. The maximum absolute atomic E-state index is 12.8. The van der Waals surface area contributed by atoms with Gasteiger partial charge in [-0.15, -0.1) is 0 Å². The first-order chi connectivity index (χ1) is 14.0. The Hall–Kier alpha value is -3.13. The third-order valence-corrected chi connectivity index (χ3v) is 5.34. The lowest BCUT2D eigenvalue weighted by Gasteiger charge is -2.15. The second-order valence-corrected chi connectivity index (χ2v) is 7.38. The van der Waals surface area contributed by atoms with Crippen LogP contribution in [0.2, 0.25) is 0 Å². The van der Waals surface area contributed by atoms with E-state index in [1.54, 1.807) is 48.5 Å². The van der Waals surface area contributed by atoms with E-state index in [0.29, 0.717) is 28.7 Å². The van der Waals surface area contributed by atoms with Gasteiger partial charge in [0, 0.05) is 18.7 Å². The number of anilines is 2. The number of nitrogens with one attached hydrogen (secondary N) is 1. The molecule has 1 atom stereocenters. The largest absolute Gasteiger partial charge is 0.465 e. The van der Waals surface area contributed by atoms with Gasteiger partial charge in [-0.3, -0.25) is 14.6 Å². The van der Waals surface area contributed by atoms with Crippen LogP contribution >= 0.6 is 11.8 Å². The summed E-state index contributed by atoms with van der Waals surface area (Å²) in [6.07, 6.45) is 0.115. The number of rotatable bonds is 5. The number of aliphatic imine (C=N–C) groups is 1. The van der Waals surface area contributed by atoms with Crippen molar-refractivity contribution in [3.63, 3.8) is 0 Å². The molecule has 29 heavy (non-hydrogen) atoms. The first-order valence-corrected chi connectivity index (χ1v) is 9.99. The molecule has 0 saturated carbocycles. The van der Waals surface area contributed by atoms with Gasteiger partial charge in [0.25, 0.3) is 0 Å². The molecule has 1 N–H and O–H groups in total. The summed E-state index contributed by atoms with van der Waals surface area (Å²) in [5.74, 6) is -0.890. The van der Waals surface area contributed by atoms with E-state index in [1.807, 2.05) is 13.0 Å². The van der Waals surface area contributed by atoms with Crippen molar-refractivity contribution in [3.05, 3.63) is 60.2 Å². The summed E-state index contributed by atoms with van der Waals surface area (Å²) in [7, 11) is 1.33. The van der Waals surface area contributed by atoms with Gasteiger partial charge in [0.2, 0.25) is 11.8 Å². The van der Waals surface area contributed by atoms with Crippen LogP contribution in [0.25, 0.3) is 0 Å². The number of esters is 1. The van der Waals surface area contributed by atoms with Gasteiger partial charge in [-0.2, -0.15) is 0 Å². The molecule has 3 rings (SSSR count). The number of methoxy groups -OCH3 is 1. The topological polar surface area (TPSA) is 88.1 Å². The fourth-order valence-corrected chi connectivity index (χ4v) is 3.94. The van der Waals surface area contributed by atoms with Crippen LogP contribution in [0.1, 0.15) is 23.7 Å². The highest BCUT2D eigenvalue weighted by molar-refractivity contribution is 8.15. The fraction of sp³-hybridized carbons (Fsp3) is 0.238. The van der Waals surface area contributed by atoms with Crippen molar-refractivity contribution in [1.29, 1.82) is 0 Å². The maximum atomic E-state index is 12.8. The number of carbonyl (C=O) groups is 3. The molecule has 1 saturated heterocycles. The molecule has 1 heterocycles. The number of hydrogen-bond donors (Lipinski definition) is 1. The second kappa shape index (κ2) is 9.38. The summed E-state index contributed by atoms with van der Waals surface area (Å²) in [5.41, 5.74) is 1.73. The van der Waals surface area contributed by atoms with Gasteiger partial charge in [-0.05, 0) is 43.3 Å². The zero-order valence-corrected chi connectivity index (χ0v) is 16.9. The highest BCUT2D eigenvalue weighted by atomic mass is 32.2. The number of carbonyl (C=O) groups excluding carboxylic acids is 3. The Balaban J connectivity index is 1.71. The van der Waals surface area contributed by atoms with Gasteiger partial charge in [-0.25, -0.2) is 9.69 Å². The molecule has 7 nitrogen and oxygen atoms in total. The van der Waals surface area contributed by atoms with E-state index in [2.05, 4.69) is 10.3 Å². The number of amides is 2. The number of ether oxygens (including phenoxy) is 1. The standard InChI is InChI=1S/C21H21N3O4S/c1-3-22-21(23-15-11-9-14(10-12-15)20(27)28-2)29-17-13-18(25)24(19(17)26)16-7-5-4-6-8-16/h4-12,17H,3,13H2,1-2H3,(H,22,23)/t17-/m0/s1. The molecule has 8 heteroatoms. The number of para-hydroxylation sites is 1. The van der Waals surface area contributed by atoms with Crippen LogP contribution in [0.5, 0.6) is 0 Å². The van der Waals surface area contributed by atoms with E-state index in [0.717, 1.165) is 0 Å². The Bertz CT molecular complexity index is 929. The lowest BCUT2D eigenvalue weighted by Crippen LogP contribution is -2.31. The minimum Gasteiger partial charge on any atom is -0.465 e. The van der Waals surface area contributed by atoms with Crippen molar-refractivity contribution in [2.75, 3.05) is 23.9 Å². The molecule has 0 bridgehead atoms. The van der Waals surface area contributed by atoms with Crippen LogP contribution in [-0.2, 0) is 14.3 Å². The number of imide groups is 1. The third kappa shape index (κ3) is 4.83. The van der Waals surface area contributed by atoms with E-state index in [-0.39, 0.29) is 18.2 Å². The molecule has 2 aromatic rings. The SMILES string of the molecule is CCN=C(Nc1ccc(C(=O)OC)cc1)S[C@H]1CC(=O)N(c2ccccc2)C1=O. The predicted molar refractivity (Wildman–Crippen MR) is 114 cm³/mol. The van der Waals surface area contributed by atoms with Crippen LogP contribution in [0.15, 0.2) is 59.6 Å². The smallest absolute Gasteiger partial charge is 0.337 e. The average Bonchev–Trinajstić information content (AvgIpc) is 3.01. The minimum absolute atomic E-state index is 0.115. The summed E-state index contributed by atoms with van der Waals surface area (Å²) >= 11 is 1.23. The quantitative estimate of drug-likeness (QED) is 0.351. The molecule has 2 amide bonds. The first-order valence-electron chi connectivity index (χ1n) is 9.11. The minimum atomic E-state index is -0.546. The predicted octanol–water partition coefficient (Wildman–Crippen LogP) is 3.33. The van der Waals surface area contributed by atoms with Crippen LogP contribution in [-0.4, -0.2) is 41.9 Å². The zero-order chi connectivity index (χ0) is 20.8.